The molecular weight excluding hydrogens is 412 g/mol. The molecule has 2 aromatic carbocycles. The monoisotopic (exact) mass is 452 g/mol. The highest BCUT2D eigenvalue weighted by Crippen LogP contribution is 2.34. The molecule has 2 aromatic rings. The molecule has 0 N–H and O–H groups in total. The van der Waals surface area contributed by atoms with Crippen molar-refractivity contribution in [1.82, 2.24) is 0 Å². The summed E-state index contributed by atoms with van der Waals surface area (Å²) in [4.78, 5) is 26.5. The zero-order chi connectivity index (χ0) is 24.1. The largest absolute Gasteiger partial charge is 0.460 e. The Labute approximate surface area is 199 Å². The topological polar surface area (TPSA) is 52.6 Å². The number of carbonyl (C=O) groups is 2. The van der Waals surface area contributed by atoms with Crippen LogP contribution in [0.1, 0.15) is 88.5 Å². The van der Waals surface area contributed by atoms with Crippen molar-refractivity contribution in [2.45, 2.75) is 92.3 Å². The summed E-state index contributed by atoms with van der Waals surface area (Å²) in [5, 5.41) is 0. The van der Waals surface area contributed by atoms with Crippen molar-refractivity contribution in [3.05, 3.63) is 70.8 Å². The molecule has 0 spiro atoms. The molecule has 0 heterocycles. The fourth-order valence-electron chi connectivity index (χ4n) is 4.23. The van der Waals surface area contributed by atoms with Gasteiger partial charge in [0.25, 0.3) is 0 Å². The third-order valence-electron chi connectivity index (χ3n) is 6.00. The van der Waals surface area contributed by atoms with E-state index in [0.29, 0.717) is 25.7 Å². The van der Waals surface area contributed by atoms with Gasteiger partial charge in [-0.1, -0.05) is 102 Å². The van der Waals surface area contributed by atoms with Gasteiger partial charge in [-0.3, -0.25) is 9.59 Å². The Kier molecular flexibility index (Phi) is 11.2. The van der Waals surface area contributed by atoms with Crippen molar-refractivity contribution in [3.8, 4) is 0 Å². The van der Waals surface area contributed by atoms with Crippen LogP contribution >= 0.6 is 0 Å². The number of aryl methyl sites for hydroxylation is 2. The first-order chi connectivity index (χ1) is 16.0. The fourth-order valence-corrected chi connectivity index (χ4v) is 4.23. The first-order valence-electron chi connectivity index (χ1n) is 12.5. The third-order valence-corrected chi connectivity index (χ3v) is 6.00. The molecule has 0 amide bonds. The highest BCUT2D eigenvalue weighted by molar-refractivity contribution is 6.00. The fraction of sp³-hybridized carbons (Fsp3) is 0.517. The minimum absolute atomic E-state index is 0.159. The Morgan fingerprint density at radius 3 is 1.21 bits per heavy atom. The van der Waals surface area contributed by atoms with Crippen molar-refractivity contribution in [3.63, 3.8) is 0 Å². The van der Waals surface area contributed by atoms with Crippen LogP contribution in [-0.4, -0.2) is 11.9 Å². The van der Waals surface area contributed by atoms with Gasteiger partial charge >= 0.3 is 11.9 Å². The van der Waals surface area contributed by atoms with Gasteiger partial charge < -0.3 is 9.47 Å². The maximum atomic E-state index is 13.2. The zero-order valence-electron chi connectivity index (χ0n) is 20.8. The minimum Gasteiger partial charge on any atom is -0.460 e. The van der Waals surface area contributed by atoms with Crippen LogP contribution in [0.3, 0.4) is 0 Å². The molecule has 0 saturated heterocycles. The van der Waals surface area contributed by atoms with Crippen LogP contribution in [0.25, 0.3) is 0 Å². The minimum atomic E-state index is -1.26. The molecule has 0 radical (unpaired) electrons. The Bertz CT molecular complexity index is 779. The maximum Gasteiger partial charge on any atom is 0.323 e. The molecule has 0 unspecified atom stereocenters. The van der Waals surface area contributed by atoms with Gasteiger partial charge in [-0.05, 0) is 47.9 Å². The Balaban J connectivity index is 2.07. The summed E-state index contributed by atoms with van der Waals surface area (Å²) in [5.41, 5.74) is 3.13. The zero-order valence-corrected chi connectivity index (χ0v) is 20.8. The van der Waals surface area contributed by atoms with Crippen LogP contribution in [0.2, 0.25) is 0 Å². The molecule has 0 aliphatic rings. The van der Waals surface area contributed by atoms with Crippen LogP contribution in [0.4, 0.5) is 0 Å². The van der Waals surface area contributed by atoms with E-state index in [1.807, 2.05) is 38.1 Å². The number of esters is 2. The van der Waals surface area contributed by atoms with Crippen LogP contribution in [-0.2, 0) is 45.1 Å². The highest BCUT2D eigenvalue weighted by Gasteiger charge is 2.47. The van der Waals surface area contributed by atoms with Crippen LogP contribution in [0, 0.1) is 5.41 Å². The molecule has 4 nitrogen and oxygen atoms in total. The van der Waals surface area contributed by atoms with Gasteiger partial charge in [-0.2, -0.15) is 0 Å². The van der Waals surface area contributed by atoms with Crippen molar-refractivity contribution in [2.24, 2.45) is 5.41 Å². The first-order valence-corrected chi connectivity index (χ1v) is 12.5. The summed E-state index contributed by atoms with van der Waals surface area (Å²) >= 11 is 0. The van der Waals surface area contributed by atoms with Crippen molar-refractivity contribution < 1.29 is 19.1 Å². The van der Waals surface area contributed by atoms with Gasteiger partial charge in [0, 0.05) is 0 Å². The molecule has 0 atom stereocenters. The van der Waals surface area contributed by atoms with Gasteiger partial charge in [0.05, 0.1) is 0 Å². The van der Waals surface area contributed by atoms with Crippen molar-refractivity contribution in [1.29, 1.82) is 0 Å². The average molecular weight is 453 g/mol. The van der Waals surface area contributed by atoms with E-state index in [1.54, 1.807) is 0 Å². The molecule has 0 aliphatic carbocycles. The van der Waals surface area contributed by atoms with Crippen molar-refractivity contribution in [2.75, 3.05) is 0 Å². The highest BCUT2D eigenvalue weighted by atomic mass is 16.6. The van der Waals surface area contributed by atoms with E-state index in [-0.39, 0.29) is 13.2 Å². The van der Waals surface area contributed by atoms with Crippen LogP contribution in [0.15, 0.2) is 48.5 Å². The second-order valence-corrected chi connectivity index (χ2v) is 8.87. The quantitative estimate of drug-likeness (QED) is 0.229. The summed E-state index contributed by atoms with van der Waals surface area (Å²) in [6, 6.07) is 16.2. The van der Waals surface area contributed by atoms with E-state index in [1.165, 1.54) is 11.1 Å². The number of hydrogen-bond donors (Lipinski definition) is 0. The second-order valence-electron chi connectivity index (χ2n) is 8.87. The summed E-state index contributed by atoms with van der Waals surface area (Å²) in [6.07, 6.45) is 6.48. The van der Waals surface area contributed by atoms with Crippen LogP contribution < -0.4 is 0 Å². The molecule has 0 aromatic heterocycles. The van der Waals surface area contributed by atoms with E-state index in [0.717, 1.165) is 36.8 Å². The molecule has 4 heteroatoms. The predicted molar refractivity (Wildman–Crippen MR) is 133 cm³/mol. The summed E-state index contributed by atoms with van der Waals surface area (Å²) in [7, 11) is 0. The van der Waals surface area contributed by atoms with E-state index in [9.17, 15) is 9.59 Å². The Morgan fingerprint density at radius 2 is 0.909 bits per heavy atom. The number of benzene rings is 2. The van der Waals surface area contributed by atoms with E-state index < -0.39 is 17.4 Å². The van der Waals surface area contributed by atoms with E-state index in [4.69, 9.17) is 9.47 Å². The molecule has 0 saturated carbocycles. The smallest absolute Gasteiger partial charge is 0.323 e. The molecule has 0 fully saturated rings. The lowest BCUT2D eigenvalue weighted by molar-refractivity contribution is -0.175. The second kappa shape index (κ2) is 13.8. The van der Waals surface area contributed by atoms with E-state index in [2.05, 4.69) is 38.1 Å². The first kappa shape index (κ1) is 26.6. The van der Waals surface area contributed by atoms with Crippen molar-refractivity contribution >= 4 is 11.9 Å². The molecule has 33 heavy (non-hydrogen) atoms. The molecule has 180 valence electrons. The lowest BCUT2D eigenvalue weighted by atomic mass is 9.79. The standard InChI is InChI=1S/C29H40O4/c1-5-9-23-11-15-25(16-12-23)21-32-27(30)29(19-7-3,20-8-4)28(31)33-22-26-17-13-24(10-6-2)14-18-26/h11-18H,5-10,19-22H2,1-4H3. The van der Waals surface area contributed by atoms with Crippen LogP contribution in [0.5, 0.6) is 0 Å². The number of ether oxygens (including phenoxy) is 2. The number of carbonyl (C=O) groups excluding carboxylic acids is 2. The maximum absolute atomic E-state index is 13.2. The van der Waals surface area contributed by atoms with Gasteiger partial charge in [-0.15, -0.1) is 0 Å². The van der Waals surface area contributed by atoms with E-state index >= 15 is 0 Å². The molecule has 0 aliphatic heterocycles. The lowest BCUT2D eigenvalue weighted by Gasteiger charge is -2.29. The molecular formula is C29H40O4. The van der Waals surface area contributed by atoms with Gasteiger partial charge in [0.15, 0.2) is 5.41 Å². The molecule has 0 bridgehead atoms. The summed E-state index contributed by atoms with van der Waals surface area (Å²) < 4.78 is 11.3. The average Bonchev–Trinajstić information content (AvgIpc) is 2.83. The van der Waals surface area contributed by atoms with Gasteiger partial charge in [0.2, 0.25) is 0 Å². The normalized spacial score (nSPS) is 11.3. The predicted octanol–water partition coefficient (Wildman–Crippen LogP) is 6.96. The Morgan fingerprint density at radius 1 is 0.576 bits per heavy atom. The van der Waals surface area contributed by atoms with Gasteiger partial charge in [0.1, 0.15) is 13.2 Å². The molecule has 2 rings (SSSR count). The SMILES string of the molecule is CCCc1ccc(COC(=O)C(CCC)(CCC)C(=O)OCc2ccc(CCC)cc2)cc1. The third kappa shape index (κ3) is 7.73. The Hall–Kier alpha value is -2.62. The number of hydrogen-bond acceptors (Lipinski definition) is 4. The van der Waals surface area contributed by atoms with Gasteiger partial charge in [-0.25, -0.2) is 0 Å². The number of rotatable bonds is 14. The summed E-state index contributed by atoms with van der Waals surface area (Å²) in [5.74, 6) is -0.959. The lowest BCUT2D eigenvalue weighted by Crippen LogP contribution is -2.42. The summed E-state index contributed by atoms with van der Waals surface area (Å²) in [6.45, 7) is 8.57.